The third kappa shape index (κ3) is 10.5. The molecule has 0 fully saturated rings. The van der Waals surface area contributed by atoms with Gasteiger partial charge in [0.2, 0.25) is 0 Å². The van der Waals surface area contributed by atoms with Crippen molar-refractivity contribution in [1.82, 2.24) is 0 Å². The van der Waals surface area contributed by atoms with Gasteiger partial charge in [-0.05, 0) is 56.5 Å². The molecule has 4 N–H and O–H groups in total. The van der Waals surface area contributed by atoms with Crippen molar-refractivity contribution < 1.29 is 27.5 Å². The topological polar surface area (TPSA) is 111 Å². The molecule has 0 saturated heterocycles. The van der Waals surface area contributed by atoms with Crippen LogP contribution in [0.15, 0.2) is 73.3 Å². The molecule has 3 atom stereocenters. The highest BCUT2D eigenvalue weighted by Crippen LogP contribution is 2.32. The zero-order valence-corrected chi connectivity index (χ0v) is 26.1. The fourth-order valence-electron chi connectivity index (χ4n) is 4.55. The highest BCUT2D eigenvalue weighted by atomic mass is 35.5. The molecule has 11 heteroatoms. The largest absolute Gasteiger partial charge is 0.506 e. The normalized spacial score (nSPS) is 14.6. The van der Waals surface area contributed by atoms with Crippen LogP contribution >= 0.6 is 12.4 Å². The lowest BCUT2D eigenvalue weighted by molar-refractivity contribution is -0.460. The lowest BCUT2D eigenvalue weighted by Crippen LogP contribution is -2.56. The zero-order valence-electron chi connectivity index (χ0n) is 24.3. The summed E-state index contributed by atoms with van der Waals surface area (Å²) in [6.07, 6.45) is 2.86. The van der Waals surface area contributed by atoms with E-state index >= 15 is 0 Å². The van der Waals surface area contributed by atoms with Gasteiger partial charge in [-0.1, -0.05) is 54.6 Å². The summed E-state index contributed by atoms with van der Waals surface area (Å²) in [4.78, 5) is 2.32. The molecule has 0 aliphatic rings. The second-order valence-electron chi connectivity index (χ2n) is 9.07. The van der Waals surface area contributed by atoms with E-state index in [0.29, 0.717) is 38.5 Å². The van der Waals surface area contributed by atoms with Crippen molar-refractivity contribution in [3.05, 3.63) is 78.9 Å². The van der Waals surface area contributed by atoms with Gasteiger partial charge in [0.15, 0.2) is 0 Å². The van der Waals surface area contributed by atoms with E-state index in [1.165, 1.54) is 21.3 Å². The first kappa shape index (κ1) is 36.2. The summed E-state index contributed by atoms with van der Waals surface area (Å²) >= 11 is 0. The third-order valence-electron chi connectivity index (χ3n) is 6.58. The minimum Gasteiger partial charge on any atom is -0.377 e. The zero-order chi connectivity index (χ0) is 28.6. The summed E-state index contributed by atoms with van der Waals surface area (Å²) in [7, 11) is 2.49. The van der Waals surface area contributed by atoms with Crippen LogP contribution in [-0.2, 0) is 27.5 Å². The molecular weight excluding hydrogens is 550 g/mol. The molecule has 226 valence electrons. The van der Waals surface area contributed by atoms with Crippen molar-refractivity contribution in [2.45, 2.75) is 50.0 Å². The van der Waals surface area contributed by atoms with Crippen LogP contribution in [0.3, 0.4) is 0 Å². The molecule has 40 heavy (non-hydrogen) atoms. The van der Waals surface area contributed by atoms with Gasteiger partial charge in [-0.25, -0.2) is 0 Å². The molecule has 0 bridgehead atoms. The number of halogens is 1. The molecule has 0 heterocycles. The number of ether oxygens (including phenoxy) is 3. The Kier molecular flexibility index (Phi) is 17.5. The molecule has 2 rings (SSSR count). The standard InChI is InChI=1S/C29H47N3O6Si.ClH/c1-6-28(25-15-9-7-10-16-25)32(26-17-11-8-12-18-26)23-14-24-39(36-5,38-29(33-2,34-3)35-4)37-27(20-22-31)19-13-21-30;/h6-12,15-18,27-28H,1,13-14,19-24,30-31H2,2-5H3;1H. The predicted molar refractivity (Wildman–Crippen MR) is 164 cm³/mol. The second-order valence-corrected chi connectivity index (χ2v) is 11.8. The molecule has 0 saturated carbocycles. The van der Waals surface area contributed by atoms with E-state index in [4.69, 9.17) is 39.0 Å². The Labute approximate surface area is 247 Å². The first-order chi connectivity index (χ1) is 19.0. The molecule has 9 nitrogen and oxygen atoms in total. The Hall–Kier alpha value is -1.83. The molecule has 2 aromatic rings. The third-order valence-corrected chi connectivity index (χ3v) is 9.42. The maximum absolute atomic E-state index is 6.63. The van der Waals surface area contributed by atoms with Crippen LogP contribution in [0, 0.1) is 0 Å². The van der Waals surface area contributed by atoms with Crippen LogP contribution < -0.4 is 16.4 Å². The lowest BCUT2D eigenvalue weighted by Gasteiger charge is -2.39. The Balaban J connectivity index is 0.00000800. The summed E-state index contributed by atoms with van der Waals surface area (Å²) in [5.41, 5.74) is 13.9. The monoisotopic (exact) mass is 597 g/mol. The van der Waals surface area contributed by atoms with Crippen LogP contribution in [-0.4, -0.2) is 69.1 Å². The van der Waals surface area contributed by atoms with Gasteiger partial charge >= 0.3 is 15.0 Å². The highest BCUT2D eigenvalue weighted by Gasteiger charge is 2.51. The van der Waals surface area contributed by atoms with Crippen LogP contribution in [0.2, 0.25) is 6.04 Å². The molecule has 0 aromatic heterocycles. The van der Waals surface area contributed by atoms with Gasteiger partial charge < -0.3 is 39.4 Å². The first-order valence-corrected chi connectivity index (χ1v) is 15.4. The maximum Gasteiger partial charge on any atom is 0.506 e. The van der Waals surface area contributed by atoms with E-state index in [2.05, 4.69) is 35.7 Å². The molecular formula is C29H48ClN3O6Si. The quantitative estimate of drug-likeness (QED) is 0.118. The fraction of sp³-hybridized carbons (Fsp3) is 0.517. The summed E-state index contributed by atoms with van der Waals surface area (Å²) in [5, 5.41) is 0. The molecule has 2 aromatic carbocycles. The Morgan fingerprint density at radius 2 is 1.48 bits per heavy atom. The van der Waals surface area contributed by atoms with Gasteiger partial charge in [-0.2, -0.15) is 0 Å². The molecule has 0 amide bonds. The number of anilines is 1. The van der Waals surface area contributed by atoms with E-state index in [-0.39, 0.29) is 24.6 Å². The first-order valence-electron chi connectivity index (χ1n) is 13.4. The maximum atomic E-state index is 6.63. The number of para-hydroxylation sites is 1. The lowest BCUT2D eigenvalue weighted by atomic mass is 10.0. The van der Waals surface area contributed by atoms with Crippen LogP contribution in [0.25, 0.3) is 0 Å². The second kappa shape index (κ2) is 19.3. The van der Waals surface area contributed by atoms with E-state index < -0.39 is 15.0 Å². The minimum atomic E-state index is -3.43. The SMILES string of the molecule is C=CC(c1ccccc1)N(CCC[Si](OC)(OC(CCN)CCCN)OC(OC)(OC)OC)c1ccccc1.Cl. The van der Waals surface area contributed by atoms with Crippen molar-refractivity contribution in [2.24, 2.45) is 11.5 Å². The van der Waals surface area contributed by atoms with Gasteiger partial charge in [0.25, 0.3) is 0 Å². The highest BCUT2D eigenvalue weighted by molar-refractivity contribution is 6.60. The molecule has 0 aliphatic heterocycles. The summed E-state index contributed by atoms with van der Waals surface area (Å²) in [5.74, 6) is 0. The van der Waals surface area contributed by atoms with E-state index in [1.54, 1.807) is 7.11 Å². The average molecular weight is 598 g/mol. The van der Waals surface area contributed by atoms with E-state index in [1.807, 2.05) is 42.5 Å². The van der Waals surface area contributed by atoms with Crippen LogP contribution in [0.1, 0.15) is 37.3 Å². The predicted octanol–water partition coefficient (Wildman–Crippen LogP) is 4.86. The number of rotatable bonds is 21. The Bertz CT molecular complexity index is 920. The van der Waals surface area contributed by atoms with Gasteiger partial charge in [0, 0.05) is 46.7 Å². The average Bonchev–Trinajstić information content (AvgIpc) is 2.99. The van der Waals surface area contributed by atoms with Crippen molar-refractivity contribution in [3.63, 3.8) is 0 Å². The van der Waals surface area contributed by atoms with Gasteiger partial charge in [-0.3, -0.25) is 4.43 Å². The van der Waals surface area contributed by atoms with Crippen LogP contribution in [0.5, 0.6) is 0 Å². The summed E-state index contributed by atoms with van der Waals surface area (Å²) in [6.45, 7) is 5.85. The molecule has 0 spiro atoms. The van der Waals surface area contributed by atoms with E-state index in [9.17, 15) is 0 Å². The van der Waals surface area contributed by atoms with E-state index in [0.717, 1.165) is 24.1 Å². The number of nitrogens with zero attached hydrogens (tertiary/aromatic N) is 1. The smallest absolute Gasteiger partial charge is 0.377 e. The Morgan fingerprint density at radius 3 is 1.98 bits per heavy atom. The summed E-state index contributed by atoms with van der Waals surface area (Å²) in [6, 6.07) is 21.1. The van der Waals surface area contributed by atoms with Crippen molar-refractivity contribution in [1.29, 1.82) is 0 Å². The van der Waals surface area contributed by atoms with Gasteiger partial charge in [0.05, 0.1) is 12.1 Å². The number of hydrogen-bond acceptors (Lipinski definition) is 9. The minimum absolute atomic E-state index is 0. The number of methoxy groups -OCH3 is 3. The Morgan fingerprint density at radius 1 is 0.875 bits per heavy atom. The summed E-state index contributed by atoms with van der Waals surface area (Å²) < 4.78 is 35.4. The van der Waals surface area contributed by atoms with Crippen molar-refractivity contribution >= 4 is 26.9 Å². The fourth-order valence-corrected chi connectivity index (χ4v) is 7.16. The van der Waals surface area contributed by atoms with Gasteiger partial charge in [0.1, 0.15) is 0 Å². The van der Waals surface area contributed by atoms with Crippen LogP contribution in [0.4, 0.5) is 5.69 Å². The van der Waals surface area contributed by atoms with Crippen molar-refractivity contribution in [3.8, 4) is 0 Å². The van der Waals surface area contributed by atoms with Crippen molar-refractivity contribution in [2.75, 3.05) is 53.0 Å². The molecule has 3 unspecified atom stereocenters. The number of nitrogens with two attached hydrogens (primary N) is 2. The van der Waals surface area contributed by atoms with Gasteiger partial charge in [-0.15, -0.1) is 19.0 Å². The molecule has 0 aliphatic carbocycles. The molecule has 0 radical (unpaired) electrons. The number of benzene rings is 2. The number of hydrogen-bond donors (Lipinski definition) is 2.